The fourth-order valence-corrected chi connectivity index (χ4v) is 4.44. The van der Waals surface area contributed by atoms with Crippen molar-refractivity contribution in [3.8, 4) is 0 Å². The molecule has 9 heteroatoms. The SMILES string of the molecule is CCN1CCc2c(sc(NC(=O)C=Cc3cccc([N+](=O)[O-])c3)c2C(N)=O)C1. The number of nitrogens with zero attached hydrogens (tertiary/aromatic N) is 2. The predicted molar refractivity (Wildman–Crippen MR) is 108 cm³/mol. The maximum Gasteiger partial charge on any atom is 0.270 e. The van der Waals surface area contributed by atoms with Gasteiger partial charge in [-0.2, -0.15) is 0 Å². The number of fused-ring (bicyclic) bond motifs is 1. The second kappa shape index (κ2) is 8.32. The number of amides is 2. The van der Waals surface area contributed by atoms with Crippen LogP contribution in [0.5, 0.6) is 0 Å². The van der Waals surface area contributed by atoms with Crippen LogP contribution in [0.25, 0.3) is 6.08 Å². The van der Waals surface area contributed by atoms with Crippen molar-refractivity contribution >= 4 is 39.9 Å². The van der Waals surface area contributed by atoms with Crippen LogP contribution in [0.4, 0.5) is 10.7 Å². The van der Waals surface area contributed by atoms with Crippen molar-refractivity contribution in [1.82, 2.24) is 4.90 Å². The fraction of sp³-hybridized carbons (Fsp3) is 0.263. The third-order valence-electron chi connectivity index (χ3n) is 4.57. The normalized spacial score (nSPS) is 14.0. The van der Waals surface area contributed by atoms with Crippen LogP contribution in [0, 0.1) is 10.1 Å². The lowest BCUT2D eigenvalue weighted by Gasteiger charge is -2.25. The van der Waals surface area contributed by atoms with E-state index < -0.39 is 16.7 Å². The minimum absolute atomic E-state index is 0.0509. The van der Waals surface area contributed by atoms with E-state index in [1.165, 1.54) is 35.6 Å². The number of nitrogens with two attached hydrogens (primary N) is 1. The molecule has 0 fully saturated rings. The molecule has 0 bridgehead atoms. The molecule has 1 aromatic heterocycles. The molecule has 146 valence electrons. The Morgan fingerprint density at radius 3 is 2.89 bits per heavy atom. The number of anilines is 1. The monoisotopic (exact) mass is 400 g/mol. The Morgan fingerprint density at radius 1 is 1.43 bits per heavy atom. The maximum atomic E-state index is 12.3. The summed E-state index contributed by atoms with van der Waals surface area (Å²) < 4.78 is 0. The maximum absolute atomic E-state index is 12.3. The number of likely N-dealkylation sites (N-methyl/N-ethyl adjacent to an activating group) is 1. The molecule has 2 amide bonds. The molecule has 8 nitrogen and oxygen atoms in total. The molecule has 1 aliphatic heterocycles. The number of thiophene rings is 1. The number of benzene rings is 1. The summed E-state index contributed by atoms with van der Waals surface area (Å²) >= 11 is 1.37. The van der Waals surface area contributed by atoms with Crippen LogP contribution in [0.2, 0.25) is 0 Å². The van der Waals surface area contributed by atoms with Crippen molar-refractivity contribution in [3.05, 3.63) is 62.0 Å². The zero-order chi connectivity index (χ0) is 20.3. The summed E-state index contributed by atoms with van der Waals surface area (Å²) in [6.07, 6.45) is 3.48. The van der Waals surface area contributed by atoms with E-state index >= 15 is 0 Å². The van der Waals surface area contributed by atoms with E-state index in [-0.39, 0.29) is 5.69 Å². The number of non-ortho nitro benzene ring substituents is 1. The van der Waals surface area contributed by atoms with Gasteiger partial charge in [-0.1, -0.05) is 19.1 Å². The largest absolute Gasteiger partial charge is 0.365 e. The summed E-state index contributed by atoms with van der Waals surface area (Å²) in [7, 11) is 0. The summed E-state index contributed by atoms with van der Waals surface area (Å²) in [5.74, 6) is -0.986. The van der Waals surface area contributed by atoms with Gasteiger partial charge >= 0.3 is 0 Å². The van der Waals surface area contributed by atoms with Crippen molar-refractivity contribution in [2.75, 3.05) is 18.4 Å². The zero-order valence-corrected chi connectivity index (χ0v) is 16.1. The number of rotatable bonds is 6. The van der Waals surface area contributed by atoms with Crippen LogP contribution in [0.1, 0.15) is 33.3 Å². The van der Waals surface area contributed by atoms with E-state index in [4.69, 9.17) is 5.73 Å². The number of carbonyl (C=O) groups excluding carboxylic acids is 2. The predicted octanol–water partition coefficient (Wildman–Crippen LogP) is 2.79. The first-order chi connectivity index (χ1) is 13.4. The van der Waals surface area contributed by atoms with E-state index in [1.807, 2.05) is 0 Å². The average Bonchev–Trinajstić information content (AvgIpc) is 3.03. The minimum Gasteiger partial charge on any atom is -0.365 e. The van der Waals surface area contributed by atoms with Crippen molar-refractivity contribution in [3.63, 3.8) is 0 Å². The van der Waals surface area contributed by atoms with Crippen molar-refractivity contribution in [1.29, 1.82) is 0 Å². The Bertz CT molecular complexity index is 967. The lowest BCUT2D eigenvalue weighted by Crippen LogP contribution is -2.30. The van der Waals surface area contributed by atoms with Gasteiger partial charge < -0.3 is 11.1 Å². The zero-order valence-electron chi connectivity index (χ0n) is 15.3. The van der Waals surface area contributed by atoms with E-state index in [0.29, 0.717) is 16.1 Å². The van der Waals surface area contributed by atoms with Crippen LogP contribution >= 0.6 is 11.3 Å². The molecule has 0 saturated heterocycles. The number of nitro benzene ring substituents is 1. The van der Waals surface area contributed by atoms with Crippen LogP contribution in [-0.4, -0.2) is 34.7 Å². The molecule has 1 aliphatic rings. The van der Waals surface area contributed by atoms with Crippen LogP contribution in [0.3, 0.4) is 0 Å². The van der Waals surface area contributed by atoms with E-state index in [0.717, 1.165) is 36.5 Å². The highest BCUT2D eigenvalue weighted by atomic mass is 32.1. The quantitative estimate of drug-likeness (QED) is 0.439. The smallest absolute Gasteiger partial charge is 0.270 e. The first kappa shape index (κ1) is 19.7. The second-order valence-corrected chi connectivity index (χ2v) is 7.47. The van der Waals surface area contributed by atoms with Gasteiger partial charge in [0.25, 0.3) is 11.6 Å². The van der Waals surface area contributed by atoms with E-state index in [1.54, 1.807) is 12.1 Å². The number of hydrogen-bond acceptors (Lipinski definition) is 6. The first-order valence-electron chi connectivity index (χ1n) is 8.79. The summed E-state index contributed by atoms with van der Waals surface area (Å²) in [5, 5.41) is 14.0. The number of nitro groups is 1. The third kappa shape index (κ3) is 4.26. The minimum atomic E-state index is -0.555. The molecule has 2 aromatic rings. The topological polar surface area (TPSA) is 119 Å². The van der Waals surface area contributed by atoms with Gasteiger partial charge in [-0.25, -0.2) is 0 Å². The highest BCUT2D eigenvalue weighted by Crippen LogP contribution is 2.36. The Kier molecular flexibility index (Phi) is 5.86. The Balaban J connectivity index is 1.79. The fourth-order valence-electron chi connectivity index (χ4n) is 3.14. The highest BCUT2D eigenvalue weighted by molar-refractivity contribution is 7.17. The first-order valence-corrected chi connectivity index (χ1v) is 9.61. The molecular formula is C19H20N4O4S. The lowest BCUT2D eigenvalue weighted by molar-refractivity contribution is -0.384. The van der Waals surface area contributed by atoms with Crippen LogP contribution in [0.15, 0.2) is 30.3 Å². The van der Waals surface area contributed by atoms with Gasteiger partial charge in [0.15, 0.2) is 0 Å². The molecule has 0 saturated carbocycles. The molecule has 0 radical (unpaired) electrons. The second-order valence-electron chi connectivity index (χ2n) is 6.37. The molecule has 2 heterocycles. The van der Waals surface area contributed by atoms with Crippen molar-refractivity contribution in [2.24, 2.45) is 5.73 Å². The highest BCUT2D eigenvalue weighted by Gasteiger charge is 2.26. The van der Waals surface area contributed by atoms with E-state index in [9.17, 15) is 19.7 Å². The molecule has 3 N–H and O–H groups in total. The summed E-state index contributed by atoms with van der Waals surface area (Å²) in [6, 6.07) is 5.97. The number of carbonyl (C=O) groups is 2. The van der Waals surface area contributed by atoms with Gasteiger partial charge in [-0.05, 0) is 30.2 Å². The molecule has 1 aromatic carbocycles. The number of nitrogens with one attached hydrogen (secondary N) is 1. The summed E-state index contributed by atoms with van der Waals surface area (Å²) in [4.78, 5) is 37.9. The molecule has 0 aliphatic carbocycles. The van der Waals surface area contributed by atoms with E-state index in [2.05, 4.69) is 17.1 Å². The molecular weight excluding hydrogens is 380 g/mol. The van der Waals surface area contributed by atoms with Gasteiger partial charge in [-0.3, -0.25) is 24.6 Å². The van der Waals surface area contributed by atoms with Gasteiger partial charge in [-0.15, -0.1) is 11.3 Å². The molecule has 0 atom stereocenters. The Hall–Kier alpha value is -3.04. The number of primary amides is 1. The average molecular weight is 400 g/mol. The number of hydrogen-bond donors (Lipinski definition) is 2. The Labute approximate surface area is 165 Å². The van der Waals surface area contributed by atoms with Crippen molar-refractivity contribution < 1.29 is 14.5 Å². The van der Waals surface area contributed by atoms with Gasteiger partial charge in [0.2, 0.25) is 5.91 Å². The summed E-state index contributed by atoms with van der Waals surface area (Å²) in [6.45, 7) is 4.57. The standard InChI is InChI=1S/C19H20N4O4S/c1-2-22-9-8-14-15(11-22)28-19(17(14)18(20)25)21-16(24)7-6-12-4-3-5-13(10-12)23(26)27/h3-7,10H,2,8-9,11H2,1H3,(H2,20,25)(H,21,24). The van der Waals surface area contributed by atoms with Crippen molar-refractivity contribution in [2.45, 2.75) is 19.9 Å². The third-order valence-corrected chi connectivity index (χ3v) is 5.71. The molecule has 28 heavy (non-hydrogen) atoms. The lowest BCUT2D eigenvalue weighted by atomic mass is 10.0. The van der Waals surface area contributed by atoms with Gasteiger partial charge in [0.05, 0.1) is 10.5 Å². The molecule has 0 unspecified atom stereocenters. The molecule has 3 rings (SSSR count). The van der Waals surface area contributed by atoms with Gasteiger partial charge in [0.1, 0.15) is 5.00 Å². The summed E-state index contributed by atoms with van der Waals surface area (Å²) in [5.41, 5.74) is 7.34. The van der Waals surface area contributed by atoms with Crippen LogP contribution in [-0.2, 0) is 17.8 Å². The molecule has 0 spiro atoms. The van der Waals surface area contributed by atoms with Gasteiger partial charge in [0, 0.05) is 36.2 Å². The van der Waals surface area contributed by atoms with Crippen LogP contribution < -0.4 is 11.1 Å². The Morgan fingerprint density at radius 2 is 2.21 bits per heavy atom.